The molecule has 2 aromatic rings. The number of nitrogens with zero attached hydrogens (tertiary/aromatic N) is 3. The Morgan fingerprint density at radius 1 is 1.45 bits per heavy atom. The number of hydrogen-bond acceptors (Lipinski definition) is 6. The van der Waals surface area contributed by atoms with E-state index in [9.17, 15) is 9.18 Å². The first-order chi connectivity index (χ1) is 13.9. The van der Waals surface area contributed by atoms with Crippen LogP contribution in [-0.2, 0) is 0 Å². The molecule has 1 unspecified atom stereocenters. The fourth-order valence-corrected chi connectivity index (χ4v) is 3.72. The van der Waals surface area contributed by atoms with Gasteiger partial charge in [-0.25, -0.2) is 4.39 Å². The minimum absolute atomic E-state index is 0.0820. The largest absolute Gasteiger partial charge is 0.494 e. The molecule has 3 rings (SSSR count). The van der Waals surface area contributed by atoms with Crippen molar-refractivity contribution in [2.75, 3.05) is 52.3 Å². The SMILES string of the molecule is CCN1CCCC(CNC(=O)c2c(N(C)C)noc2-c2ccc(F)c(OC)c2)C1. The summed E-state index contributed by atoms with van der Waals surface area (Å²) in [4.78, 5) is 17.2. The van der Waals surface area contributed by atoms with Gasteiger partial charge in [0.05, 0.1) is 7.11 Å². The zero-order valence-electron chi connectivity index (χ0n) is 17.5. The van der Waals surface area contributed by atoms with Crippen LogP contribution in [0.15, 0.2) is 22.7 Å². The van der Waals surface area contributed by atoms with Gasteiger partial charge in [-0.2, -0.15) is 0 Å². The number of likely N-dealkylation sites (tertiary alicyclic amines) is 1. The molecule has 0 aliphatic carbocycles. The lowest BCUT2D eigenvalue weighted by molar-refractivity contribution is 0.0934. The van der Waals surface area contributed by atoms with Crippen molar-refractivity contribution in [2.45, 2.75) is 19.8 Å². The van der Waals surface area contributed by atoms with Crippen LogP contribution in [-0.4, -0.2) is 63.3 Å². The Balaban J connectivity index is 1.83. The lowest BCUT2D eigenvalue weighted by atomic mass is 9.98. The van der Waals surface area contributed by atoms with E-state index in [0.29, 0.717) is 35.2 Å². The van der Waals surface area contributed by atoms with Crippen molar-refractivity contribution >= 4 is 11.7 Å². The van der Waals surface area contributed by atoms with Crippen molar-refractivity contribution in [3.63, 3.8) is 0 Å². The Kier molecular flexibility index (Phi) is 6.74. The zero-order chi connectivity index (χ0) is 21.0. The predicted octanol–water partition coefficient (Wildman–Crippen LogP) is 3.02. The standard InChI is InChI=1S/C21H29FN4O3/c1-5-26-10-6-7-14(13-26)12-23-21(27)18-19(29-24-20(18)25(2)3)15-8-9-16(22)17(11-15)28-4/h8-9,11,14H,5-7,10,12-13H2,1-4H3,(H,23,27). The summed E-state index contributed by atoms with van der Waals surface area (Å²) in [6.45, 7) is 5.89. The van der Waals surface area contributed by atoms with E-state index >= 15 is 0 Å². The summed E-state index contributed by atoms with van der Waals surface area (Å²) < 4.78 is 24.4. The highest BCUT2D eigenvalue weighted by Crippen LogP contribution is 2.33. The van der Waals surface area contributed by atoms with E-state index in [2.05, 4.69) is 22.3 Å². The molecule has 0 bridgehead atoms. The molecule has 8 heteroatoms. The smallest absolute Gasteiger partial charge is 0.259 e. The summed E-state index contributed by atoms with van der Waals surface area (Å²) in [5.41, 5.74) is 0.871. The van der Waals surface area contributed by atoms with Crippen molar-refractivity contribution in [3.8, 4) is 17.1 Å². The monoisotopic (exact) mass is 404 g/mol. The molecule has 1 amide bonds. The quantitative estimate of drug-likeness (QED) is 0.765. The van der Waals surface area contributed by atoms with Gasteiger partial charge >= 0.3 is 0 Å². The molecule has 1 aromatic carbocycles. The van der Waals surface area contributed by atoms with E-state index in [1.54, 1.807) is 25.1 Å². The second kappa shape index (κ2) is 9.26. The van der Waals surface area contributed by atoms with Crippen LogP contribution in [0.5, 0.6) is 5.75 Å². The molecule has 2 heterocycles. The average Bonchev–Trinajstić information content (AvgIpc) is 3.18. The van der Waals surface area contributed by atoms with Gasteiger partial charge in [-0.1, -0.05) is 12.1 Å². The van der Waals surface area contributed by atoms with Gasteiger partial charge in [0.25, 0.3) is 5.91 Å². The molecule has 0 spiro atoms. The average molecular weight is 404 g/mol. The molecule has 1 fully saturated rings. The van der Waals surface area contributed by atoms with Gasteiger partial charge in [0.15, 0.2) is 23.1 Å². The Hall–Kier alpha value is -2.61. The predicted molar refractivity (Wildman–Crippen MR) is 110 cm³/mol. The molecule has 1 N–H and O–H groups in total. The molecule has 1 atom stereocenters. The summed E-state index contributed by atoms with van der Waals surface area (Å²) in [6.07, 6.45) is 2.24. The minimum Gasteiger partial charge on any atom is -0.494 e. The van der Waals surface area contributed by atoms with Crippen molar-refractivity contribution < 1.29 is 18.4 Å². The number of benzene rings is 1. The van der Waals surface area contributed by atoms with Crippen molar-refractivity contribution in [1.29, 1.82) is 0 Å². The molecule has 7 nitrogen and oxygen atoms in total. The van der Waals surface area contributed by atoms with E-state index in [0.717, 1.165) is 32.5 Å². The molecule has 1 aliphatic rings. The number of nitrogens with one attached hydrogen (secondary N) is 1. The molecular weight excluding hydrogens is 375 g/mol. The van der Waals surface area contributed by atoms with Crippen LogP contribution >= 0.6 is 0 Å². The topological polar surface area (TPSA) is 70.8 Å². The highest BCUT2D eigenvalue weighted by molar-refractivity contribution is 6.04. The van der Waals surface area contributed by atoms with Gasteiger partial charge in [0.1, 0.15) is 5.56 Å². The first kappa shape index (κ1) is 21.1. The van der Waals surface area contributed by atoms with Gasteiger partial charge in [0, 0.05) is 32.7 Å². The molecule has 1 aliphatic heterocycles. The number of ether oxygens (including phenoxy) is 1. The van der Waals surface area contributed by atoms with Crippen molar-refractivity contribution in [1.82, 2.24) is 15.4 Å². The number of anilines is 1. The number of carbonyl (C=O) groups excluding carboxylic acids is 1. The number of carbonyl (C=O) groups is 1. The molecular formula is C21H29FN4O3. The lowest BCUT2D eigenvalue weighted by Gasteiger charge is -2.31. The van der Waals surface area contributed by atoms with E-state index in [4.69, 9.17) is 9.26 Å². The van der Waals surface area contributed by atoms with E-state index in [-0.39, 0.29) is 11.7 Å². The first-order valence-corrected chi connectivity index (χ1v) is 9.96. The maximum absolute atomic E-state index is 13.8. The highest BCUT2D eigenvalue weighted by atomic mass is 19.1. The summed E-state index contributed by atoms with van der Waals surface area (Å²) >= 11 is 0. The van der Waals surface area contributed by atoms with Crippen LogP contribution < -0.4 is 15.0 Å². The number of methoxy groups -OCH3 is 1. The Labute approximate surface area is 170 Å². The van der Waals surface area contributed by atoms with Gasteiger partial charge in [-0.3, -0.25) is 4.79 Å². The van der Waals surface area contributed by atoms with Gasteiger partial charge in [-0.05, 0) is 50.0 Å². The number of amides is 1. The molecule has 158 valence electrons. The van der Waals surface area contributed by atoms with Crippen LogP contribution in [0.4, 0.5) is 10.2 Å². The van der Waals surface area contributed by atoms with E-state index < -0.39 is 5.82 Å². The fraction of sp³-hybridized carbons (Fsp3) is 0.524. The molecule has 1 aromatic heterocycles. The summed E-state index contributed by atoms with van der Waals surface area (Å²) in [7, 11) is 4.99. The maximum atomic E-state index is 13.8. The normalized spacial score (nSPS) is 17.2. The van der Waals surface area contributed by atoms with Crippen LogP contribution in [0.3, 0.4) is 0 Å². The number of hydrogen-bond donors (Lipinski definition) is 1. The second-order valence-electron chi connectivity index (χ2n) is 7.57. The lowest BCUT2D eigenvalue weighted by Crippen LogP contribution is -2.40. The number of rotatable bonds is 7. The van der Waals surface area contributed by atoms with Crippen molar-refractivity contribution in [3.05, 3.63) is 29.6 Å². The third-order valence-electron chi connectivity index (χ3n) is 5.34. The summed E-state index contributed by atoms with van der Waals surface area (Å²) in [6, 6.07) is 4.34. The molecule has 29 heavy (non-hydrogen) atoms. The zero-order valence-corrected chi connectivity index (χ0v) is 17.5. The van der Waals surface area contributed by atoms with Crippen molar-refractivity contribution in [2.24, 2.45) is 5.92 Å². The maximum Gasteiger partial charge on any atom is 0.259 e. The fourth-order valence-electron chi connectivity index (χ4n) is 3.72. The number of aromatic nitrogens is 1. The van der Waals surface area contributed by atoms with Gasteiger partial charge in [0.2, 0.25) is 0 Å². The molecule has 0 saturated carbocycles. The number of piperidine rings is 1. The summed E-state index contributed by atoms with van der Waals surface area (Å²) in [5.74, 6) is 0.500. The first-order valence-electron chi connectivity index (χ1n) is 9.96. The van der Waals surface area contributed by atoms with Crippen LogP contribution in [0.25, 0.3) is 11.3 Å². The molecule has 0 radical (unpaired) electrons. The van der Waals surface area contributed by atoms with E-state index in [1.165, 1.54) is 19.2 Å². The minimum atomic E-state index is -0.479. The van der Waals surface area contributed by atoms with Gasteiger partial charge < -0.3 is 24.4 Å². The van der Waals surface area contributed by atoms with E-state index in [1.807, 2.05) is 0 Å². The van der Waals surface area contributed by atoms with Crippen LogP contribution in [0.1, 0.15) is 30.1 Å². The third kappa shape index (κ3) is 4.70. The Morgan fingerprint density at radius 3 is 2.93 bits per heavy atom. The van der Waals surface area contributed by atoms with Crippen LogP contribution in [0, 0.1) is 11.7 Å². The van der Waals surface area contributed by atoms with Gasteiger partial charge in [-0.15, -0.1) is 0 Å². The Morgan fingerprint density at radius 2 is 2.24 bits per heavy atom. The third-order valence-corrected chi connectivity index (χ3v) is 5.34. The second-order valence-corrected chi connectivity index (χ2v) is 7.57. The Bertz CT molecular complexity index is 852. The summed E-state index contributed by atoms with van der Waals surface area (Å²) in [5, 5.41) is 7.11. The highest BCUT2D eigenvalue weighted by Gasteiger charge is 2.27. The van der Waals surface area contributed by atoms with Crippen LogP contribution in [0.2, 0.25) is 0 Å². The number of halogens is 1. The molecule has 1 saturated heterocycles.